The maximum Gasteiger partial charge on any atom is 0.216 e. The van der Waals surface area contributed by atoms with Crippen molar-refractivity contribution in [3.63, 3.8) is 0 Å². The minimum absolute atomic E-state index is 0.0508. The second kappa shape index (κ2) is 6.78. The van der Waals surface area contributed by atoms with Gasteiger partial charge in [-0.3, -0.25) is 0 Å². The van der Waals surface area contributed by atoms with E-state index < -0.39 is 9.84 Å². The van der Waals surface area contributed by atoms with Gasteiger partial charge in [0.05, 0.1) is 4.90 Å². The van der Waals surface area contributed by atoms with Crippen LogP contribution in [0.25, 0.3) is 6.08 Å². The summed E-state index contributed by atoms with van der Waals surface area (Å²) >= 11 is 5.76. The number of sulfone groups is 1. The van der Waals surface area contributed by atoms with E-state index >= 15 is 0 Å². The number of hydrogen-bond acceptors (Lipinski definition) is 3. The molecule has 0 saturated heterocycles. The van der Waals surface area contributed by atoms with Crippen LogP contribution in [0.4, 0.5) is 0 Å². The molecule has 0 saturated carbocycles. The number of rotatable bonds is 4. The topological polar surface area (TPSA) is 57.9 Å². The van der Waals surface area contributed by atoms with Crippen LogP contribution < -0.4 is 0 Å². The molecule has 0 aromatic heterocycles. The van der Waals surface area contributed by atoms with Crippen molar-refractivity contribution in [1.82, 2.24) is 0 Å². The van der Waals surface area contributed by atoms with Crippen LogP contribution in [-0.2, 0) is 16.3 Å². The van der Waals surface area contributed by atoms with Crippen molar-refractivity contribution in [2.75, 3.05) is 0 Å². The smallest absolute Gasteiger partial charge is 0.216 e. The summed E-state index contributed by atoms with van der Waals surface area (Å²) in [6.07, 6.45) is 2.28. The molecule has 3 nitrogen and oxygen atoms in total. The average molecular weight is 332 g/mol. The second-order valence-electron chi connectivity index (χ2n) is 4.67. The highest BCUT2D eigenvalue weighted by atomic mass is 35.5. The average Bonchev–Trinajstić information content (AvgIpc) is 2.53. The van der Waals surface area contributed by atoms with Gasteiger partial charge < -0.3 is 0 Å². The molecule has 112 valence electrons. The van der Waals surface area contributed by atoms with Crippen LogP contribution in [0.5, 0.6) is 0 Å². The summed E-state index contributed by atoms with van der Waals surface area (Å²) in [5.41, 5.74) is 1.82. The number of nitrogens with zero attached hydrogens (tertiary/aromatic N) is 1. The molecule has 0 amide bonds. The predicted molar refractivity (Wildman–Crippen MR) is 88.0 cm³/mol. The normalized spacial score (nSPS) is 12.0. The van der Waals surface area contributed by atoms with Crippen LogP contribution in [0.1, 0.15) is 18.1 Å². The van der Waals surface area contributed by atoms with E-state index in [0.29, 0.717) is 10.6 Å². The largest absolute Gasteiger partial charge is 0.218 e. The van der Waals surface area contributed by atoms with E-state index in [2.05, 4.69) is 0 Å². The molecule has 0 fully saturated rings. The zero-order valence-corrected chi connectivity index (χ0v) is 13.5. The van der Waals surface area contributed by atoms with Gasteiger partial charge in [-0.15, -0.1) is 0 Å². The number of aryl methyl sites for hydroxylation is 1. The Balaban J connectivity index is 2.43. The molecular formula is C17H14ClNO2S. The first-order valence-electron chi connectivity index (χ1n) is 6.68. The molecule has 0 unspecified atom stereocenters. The lowest BCUT2D eigenvalue weighted by atomic mass is 10.1. The first-order chi connectivity index (χ1) is 10.5. The Kier molecular flexibility index (Phi) is 5.02. The lowest BCUT2D eigenvalue weighted by molar-refractivity contribution is 0.603. The van der Waals surface area contributed by atoms with E-state index in [1.165, 1.54) is 30.3 Å². The number of nitriles is 1. The van der Waals surface area contributed by atoms with E-state index in [4.69, 9.17) is 11.6 Å². The standard InChI is InChI=1S/C17H14ClNO2S/c1-2-13-3-5-14(6-4-13)11-17(12-19)22(20,21)16-9-7-15(18)8-10-16/h3-11H,2H2,1H3. The molecule has 0 aliphatic rings. The molecule has 0 aliphatic heterocycles. The lowest BCUT2D eigenvalue weighted by Gasteiger charge is -2.04. The van der Waals surface area contributed by atoms with Crippen LogP contribution in [-0.4, -0.2) is 8.42 Å². The third-order valence-electron chi connectivity index (χ3n) is 3.21. The molecular weight excluding hydrogens is 318 g/mol. The fraction of sp³-hybridized carbons (Fsp3) is 0.118. The maximum absolute atomic E-state index is 12.5. The van der Waals surface area contributed by atoms with Gasteiger partial charge in [0.15, 0.2) is 0 Å². The highest BCUT2D eigenvalue weighted by Gasteiger charge is 2.20. The summed E-state index contributed by atoms with van der Waals surface area (Å²) in [5, 5.41) is 9.66. The maximum atomic E-state index is 12.5. The van der Waals surface area contributed by atoms with Gasteiger partial charge in [0, 0.05) is 5.02 Å². The fourth-order valence-corrected chi connectivity index (χ4v) is 3.20. The van der Waals surface area contributed by atoms with E-state index in [0.717, 1.165) is 12.0 Å². The minimum atomic E-state index is -3.84. The molecule has 5 heteroatoms. The molecule has 0 N–H and O–H groups in total. The third kappa shape index (κ3) is 3.56. The first kappa shape index (κ1) is 16.3. The number of allylic oxidation sites excluding steroid dienone is 1. The van der Waals surface area contributed by atoms with Crippen LogP contribution in [0.3, 0.4) is 0 Å². The molecule has 0 heterocycles. The van der Waals surface area contributed by atoms with Crippen molar-refractivity contribution in [3.8, 4) is 6.07 Å². The number of hydrogen-bond donors (Lipinski definition) is 0. The van der Waals surface area contributed by atoms with Crippen LogP contribution in [0.15, 0.2) is 58.3 Å². The van der Waals surface area contributed by atoms with Crippen LogP contribution >= 0.6 is 11.6 Å². The predicted octanol–water partition coefficient (Wildman–Crippen LogP) is 4.24. The summed E-state index contributed by atoms with van der Waals surface area (Å²) in [7, 11) is -3.84. The van der Waals surface area contributed by atoms with Crippen molar-refractivity contribution < 1.29 is 8.42 Å². The van der Waals surface area contributed by atoms with Crippen molar-refractivity contribution >= 4 is 27.5 Å². The Morgan fingerprint density at radius 1 is 1.14 bits per heavy atom. The Bertz CT molecular complexity index is 830. The van der Waals surface area contributed by atoms with Gasteiger partial charge in [-0.2, -0.15) is 5.26 Å². The van der Waals surface area contributed by atoms with Gasteiger partial charge in [-0.25, -0.2) is 8.42 Å². The van der Waals surface area contributed by atoms with E-state index in [1.54, 1.807) is 18.2 Å². The van der Waals surface area contributed by atoms with Crippen LogP contribution in [0, 0.1) is 11.3 Å². The molecule has 2 rings (SSSR count). The monoisotopic (exact) mass is 331 g/mol. The molecule has 22 heavy (non-hydrogen) atoms. The van der Waals surface area contributed by atoms with Gasteiger partial charge in [-0.05, 0) is 47.9 Å². The zero-order chi connectivity index (χ0) is 16.2. The van der Waals surface area contributed by atoms with E-state index in [9.17, 15) is 13.7 Å². The molecule has 0 bridgehead atoms. The van der Waals surface area contributed by atoms with Gasteiger partial charge in [0.2, 0.25) is 9.84 Å². The van der Waals surface area contributed by atoms with Gasteiger partial charge in [0.1, 0.15) is 11.0 Å². The highest BCUT2D eigenvalue weighted by Crippen LogP contribution is 2.23. The summed E-state index contributed by atoms with van der Waals surface area (Å²) < 4.78 is 24.9. The summed E-state index contributed by atoms with van der Waals surface area (Å²) in [6, 6.07) is 15.0. The SMILES string of the molecule is CCc1ccc(C=C(C#N)S(=O)(=O)c2ccc(Cl)cc2)cc1. The molecule has 0 spiro atoms. The molecule has 0 atom stereocenters. The summed E-state index contributed by atoms with van der Waals surface area (Å²) in [5.74, 6) is 0. The molecule has 0 aliphatic carbocycles. The summed E-state index contributed by atoms with van der Waals surface area (Å²) in [4.78, 5) is -0.242. The minimum Gasteiger partial charge on any atom is -0.218 e. The number of benzene rings is 2. The fourth-order valence-electron chi connectivity index (χ4n) is 1.91. The Morgan fingerprint density at radius 3 is 2.23 bits per heavy atom. The Hall–Kier alpha value is -2.09. The van der Waals surface area contributed by atoms with Gasteiger partial charge in [-0.1, -0.05) is 42.8 Å². The van der Waals surface area contributed by atoms with Crippen molar-refractivity contribution in [2.45, 2.75) is 18.2 Å². The van der Waals surface area contributed by atoms with Crippen molar-refractivity contribution in [2.24, 2.45) is 0 Å². The quantitative estimate of drug-likeness (QED) is 0.787. The van der Waals surface area contributed by atoms with Gasteiger partial charge >= 0.3 is 0 Å². The Morgan fingerprint density at radius 2 is 1.73 bits per heavy atom. The molecule has 2 aromatic carbocycles. The summed E-state index contributed by atoms with van der Waals surface area (Å²) in [6.45, 7) is 2.04. The lowest BCUT2D eigenvalue weighted by Crippen LogP contribution is -2.03. The first-order valence-corrected chi connectivity index (χ1v) is 8.55. The van der Waals surface area contributed by atoms with Crippen LogP contribution in [0.2, 0.25) is 5.02 Å². The van der Waals surface area contributed by atoms with E-state index in [-0.39, 0.29) is 9.80 Å². The highest BCUT2D eigenvalue weighted by molar-refractivity contribution is 7.95. The Labute approximate surface area is 135 Å². The molecule has 2 aromatic rings. The van der Waals surface area contributed by atoms with E-state index in [1.807, 2.05) is 19.1 Å². The van der Waals surface area contributed by atoms with Crippen molar-refractivity contribution in [1.29, 1.82) is 5.26 Å². The second-order valence-corrected chi connectivity index (χ2v) is 7.03. The third-order valence-corrected chi connectivity index (χ3v) is 5.14. The number of halogens is 1. The molecule has 0 radical (unpaired) electrons. The van der Waals surface area contributed by atoms with Gasteiger partial charge in [0.25, 0.3) is 0 Å². The zero-order valence-electron chi connectivity index (χ0n) is 12.0. The van der Waals surface area contributed by atoms with Crippen molar-refractivity contribution in [3.05, 3.63) is 69.6 Å².